The summed E-state index contributed by atoms with van der Waals surface area (Å²) in [7, 11) is 0. The van der Waals surface area contributed by atoms with Crippen molar-refractivity contribution in [2.45, 2.75) is 75.0 Å². The molecule has 2 aromatic rings. The molecule has 4 rings (SSSR count). The van der Waals surface area contributed by atoms with E-state index < -0.39 is 17.5 Å². The molecular weight excluding hydrogens is 419 g/mol. The van der Waals surface area contributed by atoms with E-state index in [2.05, 4.69) is 9.97 Å². The van der Waals surface area contributed by atoms with Gasteiger partial charge in [-0.05, 0) is 63.1 Å². The van der Waals surface area contributed by atoms with Crippen LogP contribution >= 0.6 is 0 Å². The highest BCUT2D eigenvalue weighted by Crippen LogP contribution is 2.42. The summed E-state index contributed by atoms with van der Waals surface area (Å²) in [6.07, 6.45) is 5.39. The number of aliphatic hydroxyl groups is 1. The lowest BCUT2D eigenvalue weighted by atomic mass is 9.70. The van der Waals surface area contributed by atoms with Crippen molar-refractivity contribution in [1.29, 1.82) is 0 Å². The Hall–Kier alpha value is -2.48. The molecule has 1 aromatic heterocycles. The molecule has 172 valence electrons. The van der Waals surface area contributed by atoms with Crippen molar-refractivity contribution in [3.63, 3.8) is 0 Å². The van der Waals surface area contributed by atoms with Gasteiger partial charge >= 0.3 is 6.18 Å². The van der Waals surface area contributed by atoms with E-state index in [4.69, 9.17) is 0 Å². The molecule has 1 heterocycles. The van der Waals surface area contributed by atoms with Crippen molar-refractivity contribution in [3.8, 4) is 0 Å². The lowest BCUT2D eigenvalue weighted by molar-refractivity contribution is -0.146. The first-order valence-corrected chi connectivity index (χ1v) is 11.1. The number of hydrogen-bond donors (Lipinski definition) is 1. The molecule has 0 saturated heterocycles. The molecular formula is C24H28F3N3O2. The van der Waals surface area contributed by atoms with Gasteiger partial charge in [-0.1, -0.05) is 12.1 Å². The lowest BCUT2D eigenvalue weighted by Gasteiger charge is -2.42. The van der Waals surface area contributed by atoms with E-state index in [-0.39, 0.29) is 30.2 Å². The molecule has 1 atom stereocenters. The van der Waals surface area contributed by atoms with Gasteiger partial charge in [-0.25, -0.2) is 0 Å². The summed E-state index contributed by atoms with van der Waals surface area (Å²) in [6, 6.07) is 6.05. The maximum atomic E-state index is 13.3. The van der Waals surface area contributed by atoms with Crippen LogP contribution in [0.3, 0.4) is 0 Å². The second-order valence-electron chi connectivity index (χ2n) is 9.09. The molecule has 1 aromatic carbocycles. The fraction of sp³-hybridized carbons (Fsp3) is 0.542. The van der Waals surface area contributed by atoms with Crippen molar-refractivity contribution >= 4 is 5.91 Å². The van der Waals surface area contributed by atoms with Gasteiger partial charge in [-0.2, -0.15) is 13.2 Å². The van der Waals surface area contributed by atoms with Crippen molar-refractivity contribution in [2.75, 3.05) is 6.61 Å². The van der Waals surface area contributed by atoms with Gasteiger partial charge in [0.1, 0.15) is 0 Å². The zero-order valence-corrected chi connectivity index (χ0v) is 18.1. The minimum absolute atomic E-state index is 0.0192. The number of aromatic nitrogens is 2. The Morgan fingerprint density at radius 2 is 1.75 bits per heavy atom. The van der Waals surface area contributed by atoms with Crippen LogP contribution in [0.1, 0.15) is 73.0 Å². The van der Waals surface area contributed by atoms with Crippen molar-refractivity contribution in [3.05, 3.63) is 59.7 Å². The number of benzene rings is 1. The van der Waals surface area contributed by atoms with Crippen LogP contribution in [-0.2, 0) is 5.41 Å². The summed E-state index contributed by atoms with van der Waals surface area (Å²) in [5.74, 6) is -1.70. The van der Waals surface area contributed by atoms with Crippen LogP contribution in [0.2, 0.25) is 0 Å². The molecule has 0 bridgehead atoms. The summed E-state index contributed by atoms with van der Waals surface area (Å²) in [5.41, 5.74) is 0.905. The minimum Gasteiger partial charge on any atom is -0.395 e. The van der Waals surface area contributed by atoms with Crippen LogP contribution in [0.5, 0.6) is 0 Å². The van der Waals surface area contributed by atoms with Gasteiger partial charge in [0.05, 0.1) is 18.2 Å². The highest BCUT2D eigenvalue weighted by atomic mass is 19.4. The third kappa shape index (κ3) is 4.51. The zero-order valence-electron chi connectivity index (χ0n) is 18.1. The first-order valence-electron chi connectivity index (χ1n) is 11.1. The molecule has 8 heteroatoms. The molecule has 0 spiro atoms. The Balaban J connectivity index is 1.48. The van der Waals surface area contributed by atoms with Gasteiger partial charge in [0.15, 0.2) is 0 Å². The average molecular weight is 448 g/mol. The standard InChI is InChI=1S/C24H28F3N3O2/c1-16(24(25,26)27)17-2-4-18(5-3-17)22(32)30(19-6-7-19)20-8-10-23(15-31,11-9-20)21-14-28-12-13-29-21/h2-5,12-14,16,19-20,31H,6-11,15H2,1H3. The molecule has 0 radical (unpaired) electrons. The van der Waals surface area contributed by atoms with Gasteiger partial charge in [0, 0.05) is 41.7 Å². The number of aliphatic hydroxyl groups excluding tert-OH is 1. The Labute approximate surface area is 185 Å². The maximum absolute atomic E-state index is 13.3. The van der Waals surface area contributed by atoms with Crippen molar-refractivity contribution < 1.29 is 23.1 Å². The third-order valence-corrected chi connectivity index (χ3v) is 7.04. The topological polar surface area (TPSA) is 66.3 Å². The summed E-state index contributed by atoms with van der Waals surface area (Å²) >= 11 is 0. The smallest absolute Gasteiger partial charge is 0.395 e. The summed E-state index contributed by atoms with van der Waals surface area (Å²) in [4.78, 5) is 23.8. The van der Waals surface area contributed by atoms with Crippen LogP contribution in [-0.4, -0.2) is 50.7 Å². The Bertz CT molecular complexity index is 922. The molecule has 1 unspecified atom stereocenters. The van der Waals surface area contributed by atoms with E-state index in [0.29, 0.717) is 18.4 Å². The van der Waals surface area contributed by atoms with E-state index >= 15 is 0 Å². The molecule has 0 aliphatic heterocycles. The third-order valence-electron chi connectivity index (χ3n) is 7.04. The lowest BCUT2D eigenvalue weighted by Crippen LogP contribution is -2.47. The van der Waals surface area contributed by atoms with Gasteiger partial charge in [-0.15, -0.1) is 0 Å². The van der Waals surface area contributed by atoms with E-state index in [1.54, 1.807) is 18.6 Å². The maximum Gasteiger partial charge on any atom is 0.395 e. The summed E-state index contributed by atoms with van der Waals surface area (Å²) in [6.45, 7) is 1.11. The SMILES string of the molecule is CC(c1ccc(C(=O)N(C2CC2)C2CCC(CO)(c3cnccn3)CC2)cc1)C(F)(F)F. The monoisotopic (exact) mass is 447 g/mol. The molecule has 1 amide bonds. The molecule has 2 fully saturated rings. The van der Waals surface area contributed by atoms with Gasteiger partial charge in [-0.3, -0.25) is 14.8 Å². The zero-order chi connectivity index (χ0) is 22.9. The average Bonchev–Trinajstić information content (AvgIpc) is 3.64. The first kappa shape index (κ1) is 22.7. The molecule has 2 saturated carbocycles. The van der Waals surface area contributed by atoms with Crippen LogP contribution in [0.4, 0.5) is 13.2 Å². The Morgan fingerprint density at radius 3 is 2.25 bits per heavy atom. The number of alkyl halides is 3. The first-order chi connectivity index (χ1) is 15.2. The normalized spacial score (nSPS) is 24.7. The van der Waals surface area contributed by atoms with Gasteiger partial charge in [0.25, 0.3) is 5.91 Å². The van der Waals surface area contributed by atoms with E-state index in [0.717, 1.165) is 38.3 Å². The van der Waals surface area contributed by atoms with Crippen LogP contribution < -0.4 is 0 Å². The predicted octanol–water partition coefficient (Wildman–Crippen LogP) is 4.62. The number of carbonyl (C=O) groups excluding carboxylic acids is 1. The molecule has 5 nitrogen and oxygen atoms in total. The molecule has 2 aliphatic carbocycles. The van der Waals surface area contributed by atoms with Gasteiger partial charge in [0.2, 0.25) is 0 Å². The second-order valence-corrected chi connectivity index (χ2v) is 9.09. The number of halogens is 3. The summed E-state index contributed by atoms with van der Waals surface area (Å²) < 4.78 is 39.0. The van der Waals surface area contributed by atoms with Crippen LogP contribution in [0.25, 0.3) is 0 Å². The van der Waals surface area contributed by atoms with Crippen molar-refractivity contribution in [2.24, 2.45) is 0 Å². The fourth-order valence-corrected chi connectivity index (χ4v) is 4.74. The molecule has 1 N–H and O–H groups in total. The highest BCUT2D eigenvalue weighted by Gasteiger charge is 2.44. The van der Waals surface area contributed by atoms with Crippen LogP contribution in [0, 0.1) is 0 Å². The van der Waals surface area contributed by atoms with E-state index in [1.165, 1.54) is 24.3 Å². The number of nitrogens with zero attached hydrogens (tertiary/aromatic N) is 3. The number of rotatable bonds is 6. The fourth-order valence-electron chi connectivity index (χ4n) is 4.74. The predicted molar refractivity (Wildman–Crippen MR) is 113 cm³/mol. The quantitative estimate of drug-likeness (QED) is 0.702. The summed E-state index contributed by atoms with van der Waals surface area (Å²) in [5, 5.41) is 10.1. The van der Waals surface area contributed by atoms with Crippen LogP contribution in [0.15, 0.2) is 42.9 Å². The number of carbonyl (C=O) groups is 1. The Morgan fingerprint density at radius 1 is 1.12 bits per heavy atom. The van der Waals surface area contributed by atoms with Crippen molar-refractivity contribution in [1.82, 2.24) is 14.9 Å². The molecule has 2 aliphatic rings. The Kier molecular flexibility index (Phi) is 6.25. The molecule has 32 heavy (non-hydrogen) atoms. The van der Waals surface area contributed by atoms with Gasteiger partial charge < -0.3 is 10.0 Å². The van der Waals surface area contributed by atoms with E-state index in [1.807, 2.05) is 4.90 Å². The minimum atomic E-state index is -4.31. The second kappa shape index (κ2) is 8.81. The van der Waals surface area contributed by atoms with E-state index in [9.17, 15) is 23.1 Å². The largest absolute Gasteiger partial charge is 0.395 e. The number of amides is 1. The number of hydrogen-bond acceptors (Lipinski definition) is 4. The highest BCUT2D eigenvalue weighted by molar-refractivity contribution is 5.95.